The first-order valence-corrected chi connectivity index (χ1v) is 14.6. The van der Waals surface area contributed by atoms with E-state index in [1.807, 2.05) is 35.9 Å². The van der Waals surface area contributed by atoms with Gasteiger partial charge in [0.15, 0.2) is 6.23 Å². The molecule has 1 unspecified atom stereocenters. The third-order valence-corrected chi connectivity index (χ3v) is 7.65. The summed E-state index contributed by atoms with van der Waals surface area (Å²) in [5.41, 5.74) is 10.6. The Labute approximate surface area is 251 Å². The molecule has 0 saturated heterocycles. The highest BCUT2D eigenvalue weighted by Gasteiger charge is 2.27. The van der Waals surface area contributed by atoms with Crippen LogP contribution in [-0.4, -0.2) is 21.6 Å². The molecule has 43 heavy (non-hydrogen) atoms. The standard InChI is InChI=1S/C38H31N4O/c1-2-43-38(42-35-24-13-12-23-34(35)39-40-42)31-21-14-22-33(25-31)41-36(29-17-8-4-9-18-29)26-32(28-15-6-3-7-16-28)27-37(41)30-19-10-5-11-20-30/h3-27,38H,2H2,1H3/q+1. The molecule has 5 nitrogen and oxygen atoms in total. The first-order valence-electron chi connectivity index (χ1n) is 14.6. The number of hydrogen-bond donors (Lipinski definition) is 0. The first-order chi connectivity index (χ1) is 21.3. The van der Waals surface area contributed by atoms with Crippen LogP contribution in [0.3, 0.4) is 0 Å². The highest BCUT2D eigenvalue weighted by molar-refractivity contribution is 5.75. The number of fused-ring (bicyclic) bond motifs is 1. The summed E-state index contributed by atoms with van der Waals surface area (Å²) in [6.45, 7) is 2.54. The van der Waals surface area contributed by atoms with Crippen LogP contribution in [0.1, 0.15) is 18.7 Å². The van der Waals surface area contributed by atoms with Gasteiger partial charge in [-0.1, -0.05) is 96.2 Å². The molecule has 1 atom stereocenters. The summed E-state index contributed by atoms with van der Waals surface area (Å²) in [7, 11) is 0. The van der Waals surface area contributed by atoms with Crippen LogP contribution < -0.4 is 4.57 Å². The smallest absolute Gasteiger partial charge is 0.219 e. The Bertz CT molecular complexity index is 1930. The molecule has 0 amide bonds. The quantitative estimate of drug-likeness (QED) is 0.176. The molecular weight excluding hydrogens is 528 g/mol. The van der Waals surface area contributed by atoms with Crippen LogP contribution in [-0.2, 0) is 4.74 Å². The zero-order chi connectivity index (χ0) is 29.0. The van der Waals surface area contributed by atoms with Crippen LogP contribution in [0.4, 0.5) is 0 Å². The zero-order valence-electron chi connectivity index (χ0n) is 23.9. The minimum atomic E-state index is -0.429. The summed E-state index contributed by atoms with van der Waals surface area (Å²) >= 11 is 0. The van der Waals surface area contributed by atoms with Crippen LogP contribution >= 0.6 is 0 Å². The lowest BCUT2D eigenvalue weighted by Crippen LogP contribution is -2.36. The Kier molecular flexibility index (Phi) is 7.30. The molecule has 7 rings (SSSR count). The van der Waals surface area contributed by atoms with E-state index < -0.39 is 6.23 Å². The molecule has 5 aromatic carbocycles. The van der Waals surface area contributed by atoms with Gasteiger partial charge in [0.25, 0.3) is 0 Å². The lowest BCUT2D eigenvalue weighted by atomic mass is 9.98. The number of pyridine rings is 1. The van der Waals surface area contributed by atoms with Gasteiger partial charge in [-0.05, 0) is 54.4 Å². The van der Waals surface area contributed by atoms with E-state index in [1.165, 1.54) is 5.56 Å². The minimum absolute atomic E-state index is 0.429. The van der Waals surface area contributed by atoms with E-state index in [0.717, 1.165) is 50.4 Å². The zero-order valence-corrected chi connectivity index (χ0v) is 23.9. The number of benzene rings is 5. The normalized spacial score (nSPS) is 11.9. The van der Waals surface area contributed by atoms with E-state index in [1.54, 1.807) is 0 Å². The lowest BCUT2D eigenvalue weighted by molar-refractivity contribution is -0.572. The van der Waals surface area contributed by atoms with Gasteiger partial charge in [-0.3, -0.25) is 0 Å². The maximum Gasteiger partial charge on any atom is 0.219 e. The Morgan fingerprint density at radius 3 is 1.81 bits per heavy atom. The largest absolute Gasteiger partial charge is 0.352 e. The molecular formula is C38H31N4O+. The van der Waals surface area contributed by atoms with Gasteiger partial charge < -0.3 is 4.74 Å². The number of nitrogens with zero attached hydrogens (tertiary/aromatic N) is 4. The first kappa shape index (κ1) is 26.5. The Hall–Kier alpha value is -5.39. The molecule has 0 radical (unpaired) electrons. The lowest BCUT2D eigenvalue weighted by Gasteiger charge is -2.19. The van der Waals surface area contributed by atoms with Gasteiger partial charge in [0, 0.05) is 47.6 Å². The van der Waals surface area contributed by atoms with E-state index in [0.29, 0.717) is 6.61 Å². The number of para-hydroxylation sites is 1. The van der Waals surface area contributed by atoms with Crippen molar-refractivity contribution in [1.29, 1.82) is 0 Å². The molecule has 5 heteroatoms. The molecule has 0 aliphatic carbocycles. The monoisotopic (exact) mass is 559 g/mol. The molecule has 208 valence electrons. The van der Waals surface area contributed by atoms with Crippen molar-refractivity contribution < 1.29 is 9.30 Å². The van der Waals surface area contributed by atoms with Crippen molar-refractivity contribution in [3.63, 3.8) is 0 Å². The van der Waals surface area contributed by atoms with E-state index in [-0.39, 0.29) is 0 Å². The van der Waals surface area contributed by atoms with Crippen molar-refractivity contribution in [3.8, 4) is 39.3 Å². The molecule has 0 bridgehead atoms. The summed E-state index contributed by atoms with van der Waals surface area (Å²) in [6, 6.07) is 52.8. The van der Waals surface area contributed by atoms with Gasteiger partial charge in [-0.15, -0.1) is 5.10 Å². The number of aromatic nitrogens is 4. The van der Waals surface area contributed by atoms with Gasteiger partial charge in [-0.2, -0.15) is 4.57 Å². The summed E-state index contributed by atoms with van der Waals surface area (Å²) < 4.78 is 10.6. The molecule has 0 fully saturated rings. The summed E-state index contributed by atoms with van der Waals surface area (Å²) in [4.78, 5) is 0. The molecule has 7 aromatic rings. The molecule has 0 N–H and O–H groups in total. The summed E-state index contributed by atoms with van der Waals surface area (Å²) in [5.74, 6) is 0. The van der Waals surface area contributed by atoms with Crippen molar-refractivity contribution in [1.82, 2.24) is 15.0 Å². The van der Waals surface area contributed by atoms with Crippen molar-refractivity contribution in [2.45, 2.75) is 13.2 Å². The van der Waals surface area contributed by atoms with E-state index in [9.17, 15) is 0 Å². The van der Waals surface area contributed by atoms with E-state index >= 15 is 0 Å². The molecule has 0 spiro atoms. The fourth-order valence-corrected chi connectivity index (χ4v) is 5.66. The van der Waals surface area contributed by atoms with Crippen molar-refractivity contribution >= 4 is 11.0 Å². The molecule has 2 heterocycles. The minimum Gasteiger partial charge on any atom is -0.352 e. The predicted molar refractivity (Wildman–Crippen MR) is 172 cm³/mol. The number of hydrogen-bond acceptors (Lipinski definition) is 3. The van der Waals surface area contributed by atoms with Gasteiger partial charge in [0.1, 0.15) is 5.52 Å². The van der Waals surface area contributed by atoms with Gasteiger partial charge in [0.2, 0.25) is 17.1 Å². The fraction of sp³-hybridized carbons (Fsp3) is 0.0789. The van der Waals surface area contributed by atoms with Gasteiger partial charge >= 0.3 is 0 Å². The summed E-state index contributed by atoms with van der Waals surface area (Å²) in [5, 5.41) is 8.91. The number of rotatable bonds is 8. The second-order valence-electron chi connectivity index (χ2n) is 10.4. The highest BCUT2D eigenvalue weighted by Crippen LogP contribution is 2.31. The molecule has 0 saturated carbocycles. The highest BCUT2D eigenvalue weighted by atomic mass is 16.5. The Morgan fingerprint density at radius 2 is 1.19 bits per heavy atom. The maximum absolute atomic E-state index is 6.33. The third-order valence-electron chi connectivity index (χ3n) is 7.65. The average molecular weight is 560 g/mol. The van der Waals surface area contributed by atoms with Crippen LogP contribution in [0.15, 0.2) is 152 Å². The summed E-state index contributed by atoms with van der Waals surface area (Å²) in [6.07, 6.45) is -0.429. The van der Waals surface area contributed by atoms with Crippen LogP contribution in [0.25, 0.3) is 50.4 Å². The molecule has 2 aromatic heterocycles. The maximum atomic E-state index is 6.33. The van der Waals surface area contributed by atoms with Crippen LogP contribution in [0.5, 0.6) is 0 Å². The number of ether oxygens (including phenoxy) is 1. The van der Waals surface area contributed by atoms with Gasteiger partial charge in [0.05, 0.1) is 5.52 Å². The van der Waals surface area contributed by atoms with Crippen molar-refractivity contribution in [2.75, 3.05) is 6.61 Å². The van der Waals surface area contributed by atoms with Crippen molar-refractivity contribution in [3.05, 3.63) is 157 Å². The van der Waals surface area contributed by atoms with Crippen LogP contribution in [0, 0.1) is 0 Å². The Balaban J connectivity index is 1.47. The third kappa shape index (κ3) is 5.23. The topological polar surface area (TPSA) is 43.8 Å². The molecule has 0 aliphatic heterocycles. The second kappa shape index (κ2) is 11.8. The fourth-order valence-electron chi connectivity index (χ4n) is 5.66. The van der Waals surface area contributed by atoms with E-state index in [4.69, 9.17) is 4.74 Å². The second-order valence-corrected chi connectivity index (χ2v) is 10.4. The van der Waals surface area contributed by atoms with E-state index in [2.05, 4.69) is 142 Å². The SMILES string of the molecule is CCOC(c1cccc(-[n+]2c(-c3ccccc3)cc(-c3ccccc3)cc2-c2ccccc2)c1)n1nnc2ccccc21. The van der Waals surface area contributed by atoms with Crippen LogP contribution in [0.2, 0.25) is 0 Å². The Morgan fingerprint density at radius 1 is 0.605 bits per heavy atom. The van der Waals surface area contributed by atoms with Gasteiger partial charge in [-0.25, -0.2) is 4.68 Å². The average Bonchev–Trinajstić information content (AvgIpc) is 3.52. The molecule has 0 aliphatic rings. The van der Waals surface area contributed by atoms with Crippen molar-refractivity contribution in [2.24, 2.45) is 0 Å². The predicted octanol–water partition coefficient (Wildman–Crippen LogP) is 8.29.